The van der Waals surface area contributed by atoms with Crippen molar-refractivity contribution in [3.8, 4) is 0 Å². The molecule has 49 heavy (non-hydrogen) atoms. The molecule has 0 aliphatic heterocycles. The van der Waals surface area contributed by atoms with Gasteiger partial charge in [0.1, 0.15) is 0 Å². The zero-order valence-corrected chi connectivity index (χ0v) is 34.4. The van der Waals surface area contributed by atoms with E-state index in [-0.39, 0.29) is 6.10 Å². The van der Waals surface area contributed by atoms with Gasteiger partial charge in [0.25, 0.3) is 0 Å². The summed E-state index contributed by atoms with van der Waals surface area (Å²) in [4.78, 5) is 0. The van der Waals surface area contributed by atoms with Crippen molar-refractivity contribution in [1.82, 2.24) is 10.6 Å². The minimum absolute atomic E-state index is 0.277. The van der Waals surface area contributed by atoms with Crippen molar-refractivity contribution < 1.29 is 9.47 Å². The molecule has 2 N–H and O–H groups in total. The molecule has 4 nitrogen and oxygen atoms in total. The second kappa shape index (κ2) is 45.9. The minimum atomic E-state index is 0.277. The lowest BCUT2D eigenvalue weighted by molar-refractivity contribution is -0.0234. The summed E-state index contributed by atoms with van der Waals surface area (Å²) in [6.45, 7) is 14.0. The number of nitrogens with one attached hydrogen (secondary N) is 2. The SMILES string of the molecule is CCCCCCCCCCCCCCCCOCC(CCCCNCCCCCNCC)OCCCCCCCCCCCCCCCC. The molecule has 0 bridgehead atoms. The predicted molar refractivity (Wildman–Crippen MR) is 220 cm³/mol. The molecule has 4 heteroatoms. The largest absolute Gasteiger partial charge is 0.379 e. The van der Waals surface area contributed by atoms with E-state index in [9.17, 15) is 0 Å². The predicted octanol–water partition coefficient (Wildman–Crippen LogP) is 13.9. The van der Waals surface area contributed by atoms with Gasteiger partial charge in [-0.2, -0.15) is 0 Å². The zero-order chi connectivity index (χ0) is 35.4. The van der Waals surface area contributed by atoms with Crippen LogP contribution in [0.1, 0.15) is 239 Å². The highest BCUT2D eigenvalue weighted by molar-refractivity contribution is 4.61. The highest BCUT2D eigenvalue weighted by Crippen LogP contribution is 2.15. The monoisotopic (exact) mass is 695 g/mol. The summed E-state index contributed by atoms with van der Waals surface area (Å²) in [6, 6.07) is 0. The van der Waals surface area contributed by atoms with E-state index in [4.69, 9.17) is 9.47 Å². The molecule has 0 spiro atoms. The zero-order valence-electron chi connectivity index (χ0n) is 34.4. The average Bonchev–Trinajstić information content (AvgIpc) is 3.11. The Morgan fingerprint density at radius 1 is 0.347 bits per heavy atom. The molecule has 0 radical (unpaired) electrons. The molecule has 0 aromatic carbocycles. The summed E-state index contributed by atoms with van der Waals surface area (Å²) in [5, 5.41) is 7.08. The van der Waals surface area contributed by atoms with Gasteiger partial charge in [0.05, 0.1) is 12.7 Å². The van der Waals surface area contributed by atoms with Crippen molar-refractivity contribution in [3.63, 3.8) is 0 Å². The molecule has 0 aliphatic rings. The third-order valence-corrected chi connectivity index (χ3v) is 10.4. The first kappa shape index (κ1) is 48.8. The van der Waals surface area contributed by atoms with Gasteiger partial charge < -0.3 is 20.1 Å². The lowest BCUT2D eigenvalue weighted by Gasteiger charge is -2.18. The lowest BCUT2D eigenvalue weighted by atomic mass is 10.0. The van der Waals surface area contributed by atoms with E-state index >= 15 is 0 Å². The lowest BCUT2D eigenvalue weighted by Crippen LogP contribution is -2.22. The first-order chi connectivity index (χ1) is 24.3. The van der Waals surface area contributed by atoms with Crippen LogP contribution in [0.4, 0.5) is 0 Å². The van der Waals surface area contributed by atoms with Gasteiger partial charge in [0.2, 0.25) is 0 Å². The van der Waals surface area contributed by atoms with Gasteiger partial charge in [-0.05, 0) is 71.1 Å². The molecule has 0 rings (SSSR count). The van der Waals surface area contributed by atoms with Crippen LogP contribution in [-0.4, -0.2) is 52.1 Å². The van der Waals surface area contributed by atoms with Gasteiger partial charge in [-0.25, -0.2) is 0 Å². The maximum absolute atomic E-state index is 6.41. The van der Waals surface area contributed by atoms with Crippen LogP contribution in [0, 0.1) is 0 Å². The van der Waals surface area contributed by atoms with Crippen LogP contribution in [0.3, 0.4) is 0 Å². The Kier molecular flexibility index (Phi) is 45.7. The molecule has 0 aromatic rings. The third-order valence-electron chi connectivity index (χ3n) is 10.4. The van der Waals surface area contributed by atoms with Crippen LogP contribution in [0.25, 0.3) is 0 Å². The number of unbranched alkanes of at least 4 members (excludes halogenated alkanes) is 29. The second-order valence-corrected chi connectivity index (χ2v) is 15.4. The Morgan fingerprint density at radius 3 is 1.12 bits per heavy atom. The minimum Gasteiger partial charge on any atom is -0.379 e. The normalized spacial score (nSPS) is 12.3. The maximum atomic E-state index is 6.41. The molecule has 0 aliphatic carbocycles. The van der Waals surface area contributed by atoms with E-state index in [0.717, 1.165) is 45.9 Å². The molecule has 0 fully saturated rings. The van der Waals surface area contributed by atoms with E-state index in [1.165, 1.54) is 218 Å². The summed E-state index contributed by atoms with van der Waals surface area (Å²) in [5.74, 6) is 0. The highest BCUT2D eigenvalue weighted by Gasteiger charge is 2.10. The van der Waals surface area contributed by atoms with Crippen LogP contribution in [0.15, 0.2) is 0 Å². The Morgan fingerprint density at radius 2 is 0.694 bits per heavy atom. The highest BCUT2D eigenvalue weighted by atomic mass is 16.5. The van der Waals surface area contributed by atoms with Crippen molar-refractivity contribution in [1.29, 1.82) is 0 Å². The first-order valence-corrected chi connectivity index (χ1v) is 23.0. The van der Waals surface area contributed by atoms with Gasteiger partial charge in [-0.15, -0.1) is 0 Å². The Hall–Kier alpha value is -0.160. The van der Waals surface area contributed by atoms with Gasteiger partial charge in [-0.1, -0.05) is 194 Å². The second-order valence-electron chi connectivity index (χ2n) is 15.4. The molecule has 296 valence electrons. The van der Waals surface area contributed by atoms with E-state index in [1.54, 1.807) is 0 Å². The third kappa shape index (κ3) is 43.9. The van der Waals surface area contributed by atoms with E-state index in [2.05, 4.69) is 31.4 Å². The molecular weight excluding hydrogens is 601 g/mol. The molecule has 0 saturated carbocycles. The van der Waals surface area contributed by atoms with E-state index < -0.39 is 0 Å². The van der Waals surface area contributed by atoms with E-state index in [0.29, 0.717) is 0 Å². The first-order valence-electron chi connectivity index (χ1n) is 23.0. The van der Waals surface area contributed by atoms with Gasteiger partial charge in [0.15, 0.2) is 0 Å². The quantitative estimate of drug-likeness (QED) is 0.0623. The van der Waals surface area contributed by atoms with Gasteiger partial charge in [-0.3, -0.25) is 0 Å². The molecule has 1 atom stereocenters. The number of ether oxygens (including phenoxy) is 2. The van der Waals surface area contributed by atoms with Crippen LogP contribution in [-0.2, 0) is 9.47 Å². The van der Waals surface area contributed by atoms with Crippen molar-refractivity contribution >= 4 is 0 Å². The van der Waals surface area contributed by atoms with Gasteiger partial charge >= 0.3 is 0 Å². The van der Waals surface area contributed by atoms with Crippen LogP contribution in [0.2, 0.25) is 0 Å². The molecule has 1 unspecified atom stereocenters. The number of rotatable bonds is 45. The summed E-state index contributed by atoms with van der Waals surface area (Å²) in [6.07, 6.45) is 47.2. The number of hydrogen-bond donors (Lipinski definition) is 2. The van der Waals surface area contributed by atoms with Crippen molar-refractivity contribution in [2.45, 2.75) is 245 Å². The Balaban J connectivity index is 3.89. The topological polar surface area (TPSA) is 42.5 Å². The average molecular weight is 695 g/mol. The molecule has 0 saturated heterocycles. The van der Waals surface area contributed by atoms with E-state index in [1.807, 2.05) is 0 Å². The molecule has 0 heterocycles. The summed E-state index contributed by atoms with van der Waals surface area (Å²) >= 11 is 0. The smallest absolute Gasteiger partial charge is 0.0808 e. The van der Waals surface area contributed by atoms with Gasteiger partial charge in [0, 0.05) is 13.2 Å². The summed E-state index contributed by atoms with van der Waals surface area (Å²) in [5.41, 5.74) is 0. The van der Waals surface area contributed by atoms with Crippen LogP contribution < -0.4 is 10.6 Å². The fourth-order valence-corrected chi connectivity index (χ4v) is 6.98. The molecule has 0 aromatic heterocycles. The molecule has 0 amide bonds. The Bertz CT molecular complexity index is 560. The van der Waals surface area contributed by atoms with Crippen molar-refractivity contribution in [2.24, 2.45) is 0 Å². The van der Waals surface area contributed by atoms with Crippen molar-refractivity contribution in [3.05, 3.63) is 0 Å². The fourth-order valence-electron chi connectivity index (χ4n) is 6.98. The maximum Gasteiger partial charge on any atom is 0.0808 e. The fraction of sp³-hybridized carbons (Fsp3) is 1.00. The summed E-state index contributed by atoms with van der Waals surface area (Å²) < 4.78 is 12.6. The molecular formula is C45H94N2O2. The van der Waals surface area contributed by atoms with Crippen LogP contribution in [0.5, 0.6) is 0 Å². The Labute approximate surface area is 310 Å². The van der Waals surface area contributed by atoms with Crippen molar-refractivity contribution in [2.75, 3.05) is 46.0 Å². The van der Waals surface area contributed by atoms with Crippen LogP contribution >= 0.6 is 0 Å². The summed E-state index contributed by atoms with van der Waals surface area (Å²) in [7, 11) is 0. The number of hydrogen-bond acceptors (Lipinski definition) is 4. The standard InChI is InChI=1S/C45H94N2O2/c1-4-7-9-11-13-15-17-19-21-23-25-27-29-36-42-48-44-45(38-32-35-41-47-40-34-31-33-39-46-6-3)49-43-37-30-28-26-24-22-20-18-16-14-12-10-8-5-2/h45-47H,4-44H2,1-3H3.